The average molecular weight is 552 g/mol. The Morgan fingerprint density at radius 3 is 2.16 bits per heavy atom. The van der Waals surface area contributed by atoms with Crippen LogP contribution in [0.4, 0.5) is 29.5 Å². The number of benzene rings is 1. The summed E-state index contributed by atoms with van der Waals surface area (Å²) in [4.78, 5) is 29.8. The lowest BCUT2D eigenvalue weighted by molar-refractivity contribution is -0.137. The van der Waals surface area contributed by atoms with Crippen LogP contribution < -0.4 is 20.9 Å². The van der Waals surface area contributed by atoms with Crippen LogP contribution in [0.3, 0.4) is 0 Å². The molecule has 9 nitrogen and oxygen atoms in total. The first kappa shape index (κ1) is 26.3. The Morgan fingerprint density at radius 2 is 1.63 bits per heavy atom. The minimum Gasteiger partial charge on any atom is -0.371 e. The molecule has 2 aliphatic heterocycles. The second kappa shape index (κ2) is 9.75. The molecule has 2 aromatic rings. The number of urea groups is 1. The smallest absolute Gasteiger partial charge is 0.371 e. The maximum Gasteiger partial charge on any atom is 0.417 e. The largest absolute Gasteiger partial charge is 0.417 e. The Bertz CT molecular complexity index is 1300. The van der Waals surface area contributed by atoms with Crippen LogP contribution in [0, 0.1) is 0 Å². The molecule has 38 heavy (non-hydrogen) atoms. The zero-order chi connectivity index (χ0) is 27.1. The number of carbonyl (C=O) groups excluding carboxylic acids is 2. The second-order valence-corrected chi connectivity index (χ2v) is 12.3. The third-order valence-corrected chi connectivity index (χ3v) is 10.00. The molecule has 204 valence electrons. The lowest BCUT2D eigenvalue weighted by atomic mass is 9.87. The topological polar surface area (TPSA) is 121 Å². The second-order valence-electron chi connectivity index (χ2n) is 10.1. The standard InChI is InChI=1S/C25H28F3N5O4S/c26-25(27,28)16-1-10-21(29-15-16)30-17-2-6-19(7-3-17)38(36,37)20-8-4-18(5-9-20)33-13-11-24(12-14-33)22(34)31-23(35)32-24/h1,4-5,8-10,15,17,19H,2-3,6-7,11-14H2,(H,29,30)(H2,31,32,34,35). The SMILES string of the molecule is O=C1NC(=O)C2(CCN(c3ccc(S(=O)(=O)C4CCC(Nc5ccc(C(F)(F)F)cn5)CC4)cc3)CC2)N1. The summed E-state index contributed by atoms with van der Waals surface area (Å²) in [5, 5.41) is 7.59. The maximum absolute atomic E-state index is 13.3. The van der Waals surface area contributed by atoms with Crippen molar-refractivity contribution in [2.75, 3.05) is 23.3 Å². The predicted molar refractivity (Wildman–Crippen MR) is 133 cm³/mol. The highest BCUT2D eigenvalue weighted by atomic mass is 32.2. The first-order chi connectivity index (χ1) is 18.0. The van der Waals surface area contributed by atoms with Gasteiger partial charge in [0, 0.05) is 31.0 Å². The van der Waals surface area contributed by atoms with E-state index in [2.05, 4.69) is 25.8 Å². The number of carbonyl (C=O) groups is 2. The minimum atomic E-state index is -4.44. The molecule has 1 aromatic carbocycles. The Morgan fingerprint density at radius 1 is 0.974 bits per heavy atom. The van der Waals surface area contributed by atoms with Crippen molar-refractivity contribution in [3.63, 3.8) is 0 Å². The monoisotopic (exact) mass is 551 g/mol. The van der Waals surface area contributed by atoms with Gasteiger partial charge in [-0.05, 0) is 74.9 Å². The van der Waals surface area contributed by atoms with E-state index in [0.29, 0.717) is 57.4 Å². The highest BCUT2D eigenvalue weighted by Gasteiger charge is 2.47. The van der Waals surface area contributed by atoms with Crippen LogP contribution in [-0.2, 0) is 20.8 Å². The Balaban J connectivity index is 1.15. The number of aromatic nitrogens is 1. The molecule has 1 aromatic heterocycles. The number of imide groups is 1. The van der Waals surface area contributed by atoms with Gasteiger partial charge in [-0.15, -0.1) is 0 Å². The fourth-order valence-corrected chi connectivity index (χ4v) is 7.23. The number of hydrogen-bond acceptors (Lipinski definition) is 7. The molecule has 3 N–H and O–H groups in total. The van der Waals surface area contributed by atoms with Gasteiger partial charge in [0.2, 0.25) is 0 Å². The highest BCUT2D eigenvalue weighted by molar-refractivity contribution is 7.92. The normalized spacial score (nSPS) is 23.7. The summed E-state index contributed by atoms with van der Waals surface area (Å²) in [6.07, 6.45) is -0.746. The first-order valence-electron chi connectivity index (χ1n) is 12.5. The molecule has 1 saturated carbocycles. The van der Waals surface area contributed by atoms with Gasteiger partial charge in [0.1, 0.15) is 11.4 Å². The van der Waals surface area contributed by atoms with Crippen molar-refractivity contribution in [1.82, 2.24) is 15.6 Å². The van der Waals surface area contributed by atoms with Crippen LogP contribution >= 0.6 is 0 Å². The van der Waals surface area contributed by atoms with Crippen LogP contribution in [0.2, 0.25) is 0 Å². The molecule has 1 spiro atoms. The van der Waals surface area contributed by atoms with Crippen molar-refractivity contribution in [1.29, 1.82) is 0 Å². The number of sulfone groups is 1. The zero-order valence-electron chi connectivity index (χ0n) is 20.4. The van der Waals surface area contributed by atoms with E-state index in [1.165, 1.54) is 6.07 Å². The third-order valence-electron chi connectivity index (χ3n) is 7.72. The molecule has 3 heterocycles. The van der Waals surface area contributed by atoms with Gasteiger partial charge in [0.05, 0.1) is 15.7 Å². The number of alkyl halides is 3. The van der Waals surface area contributed by atoms with Gasteiger partial charge in [0.25, 0.3) is 5.91 Å². The summed E-state index contributed by atoms with van der Waals surface area (Å²) in [5.41, 5.74) is -0.837. The highest BCUT2D eigenvalue weighted by Crippen LogP contribution is 2.33. The number of amides is 3. The Labute approximate surface area is 218 Å². The van der Waals surface area contributed by atoms with Crippen molar-refractivity contribution in [3.8, 4) is 0 Å². The van der Waals surface area contributed by atoms with Crippen LogP contribution in [0.1, 0.15) is 44.1 Å². The number of nitrogens with zero attached hydrogens (tertiary/aromatic N) is 2. The average Bonchev–Trinajstić information content (AvgIpc) is 3.16. The molecule has 0 radical (unpaired) electrons. The number of nitrogens with one attached hydrogen (secondary N) is 3. The number of rotatable bonds is 5. The molecule has 0 atom stereocenters. The van der Waals surface area contributed by atoms with Crippen molar-refractivity contribution >= 4 is 33.3 Å². The lowest BCUT2D eigenvalue weighted by Crippen LogP contribution is -2.54. The summed E-state index contributed by atoms with van der Waals surface area (Å²) >= 11 is 0. The van der Waals surface area contributed by atoms with Crippen molar-refractivity contribution < 1.29 is 31.2 Å². The number of halogens is 3. The van der Waals surface area contributed by atoms with Gasteiger partial charge >= 0.3 is 12.2 Å². The molecule has 1 aliphatic carbocycles. The first-order valence-corrected chi connectivity index (χ1v) is 14.0. The van der Waals surface area contributed by atoms with E-state index < -0.39 is 38.4 Å². The molecule has 3 aliphatic rings. The maximum atomic E-state index is 13.3. The van der Waals surface area contributed by atoms with Gasteiger partial charge in [-0.1, -0.05) is 0 Å². The van der Waals surface area contributed by atoms with E-state index in [1.54, 1.807) is 24.3 Å². The van der Waals surface area contributed by atoms with Crippen molar-refractivity contribution in [2.24, 2.45) is 0 Å². The van der Waals surface area contributed by atoms with Crippen LogP contribution in [0.5, 0.6) is 0 Å². The molecular weight excluding hydrogens is 523 g/mol. The van der Waals surface area contributed by atoms with Gasteiger partial charge in [-0.25, -0.2) is 18.2 Å². The predicted octanol–water partition coefficient (Wildman–Crippen LogP) is 3.48. The fraction of sp³-hybridized carbons (Fsp3) is 0.480. The number of anilines is 2. The minimum absolute atomic E-state index is 0.0674. The molecule has 0 unspecified atom stereocenters. The molecule has 2 saturated heterocycles. The molecule has 3 amide bonds. The summed E-state index contributed by atoms with van der Waals surface area (Å²) in [6.45, 7) is 1.09. The summed E-state index contributed by atoms with van der Waals surface area (Å²) in [6, 6.07) is 8.46. The van der Waals surface area contributed by atoms with Gasteiger partial charge < -0.3 is 15.5 Å². The Kier molecular flexibility index (Phi) is 6.74. The number of pyridine rings is 1. The fourth-order valence-electron chi connectivity index (χ4n) is 5.44. The van der Waals surface area contributed by atoms with E-state index in [9.17, 15) is 31.2 Å². The van der Waals surface area contributed by atoms with Crippen LogP contribution in [-0.4, -0.2) is 55.3 Å². The number of hydrogen-bond donors (Lipinski definition) is 3. The van der Waals surface area contributed by atoms with Crippen LogP contribution in [0.15, 0.2) is 47.5 Å². The number of piperidine rings is 1. The molecule has 3 fully saturated rings. The van der Waals surface area contributed by atoms with Gasteiger partial charge in [0.15, 0.2) is 9.84 Å². The zero-order valence-corrected chi connectivity index (χ0v) is 21.2. The van der Waals surface area contributed by atoms with Crippen molar-refractivity contribution in [2.45, 2.75) is 66.4 Å². The molecule has 13 heteroatoms. The molecular formula is C25H28F3N5O4S. The van der Waals surface area contributed by atoms with E-state index in [4.69, 9.17) is 0 Å². The van der Waals surface area contributed by atoms with E-state index >= 15 is 0 Å². The van der Waals surface area contributed by atoms with Crippen molar-refractivity contribution in [3.05, 3.63) is 48.2 Å². The summed E-state index contributed by atoms with van der Waals surface area (Å²) in [5.74, 6) is 0.0311. The van der Waals surface area contributed by atoms with E-state index in [1.807, 2.05) is 0 Å². The van der Waals surface area contributed by atoms with Gasteiger partial charge in [-0.2, -0.15) is 13.2 Å². The lowest BCUT2D eigenvalue weighted by Gasteiger charge is -2.38. The van der Waals surface area contributed by atoms with Crippen LogP contribution in [0.25, 0.3) is 0 Å². The third kappa shape index (κ3) is 5.16. The Hall–Kier alpha value is -3.35. The summed E-state index contributed by atoms with van der Waals surface area (Å²) in [7, 11) is -3.55. The van der Waals surface area contributed by atoms with E-state index in [0.717, 1.165) is 18.0 Å². The quantitative estimate of drug-likeness (QED) is 0.487. The molecule has 5 rings (SSSR count). The van der Waals surface area contributed by atoms with Gasteiger partial charge in [-0.3, -0.25) is 10.1 Å². The summed E-state index contributed by atoms with van der Waals surface area (Å²) < 4.78 is 64.7. The molecule has 0 bridgehead atoms. The van der Waals surface area contributed by atoms with E-state index in [-0.39, 0.29) is 16.8 Å².